The molecule has 2 nitrogen and oxygen atoms in total. The van der Waals surface area contributed by atoms with Crippen molar-refractivity contribution in [2.45, 2.75) is 38.8 Å². The van der Waals surface area contributed by atoms with Crippen molar-refractivity contribution in [1.82, 2.24) is 9.97 Å². The number of rotatable bonds is 3. The van der Waals surface area contributed by atoms with Crippen LogP contribution in [0.25, 0.3) is 45.0 Å². The summed E-state index contributed by atoms with van der Waals surface area (Å²) in [6, 6.07) is 43.0. The first-order chi connectivity index (χ1) is 20.1. The van der Waals surface area contributed by atoms with E-state index in [1.54, 1.807) is 0 Å². The van der Waals surface area contributed by atoms with Gasteiger partial charge in [0, 0.05) is 41.7 Å². The quantitative estimate of drug-likeness (QED) is 0.214. The second kappa shape index (κ2) is 9.47. The van der Waals surface area contributed by atoms with E-state index in [9.17, 15) is 0 Å². The number of fused-ring (bicyclic) bond motifs is 6. The molecule has 0 saturated heterocycles. The first-order valence-corrected chi connectivity index (χ1v) is 15.5. The van der Waals surface area contributed by atoms with Gasteiger partial charge in [0.1, 0.15) is 0 Å². The second-order valence-electron chi connectivity index (χ2n) is 11.0. The summed E-state index contributed by atoms with van der Waals surface area (Å²) in [5, 5.41) is 0. The normalized spacial score (nSPS) is 14.1. The van der Waals surface area contributed by atoms with Crippen LogP contribution in [0.1, 0.15) is 25.0 Å². The number of hydrogen-bond acceptors (Lipinski definition) is 4. The van der Waals surface area contributed by atoms with Crippen LogP contribution in [0.4, 0.5) is 0 Å². The molecular formula is C37H26N2S2. The minimum Gasteiger partial charge on any atom is -0.228 e. The lowest BCUT2D eigenvalue weighted by atomic mass is 9.81. The van der Waals surface area contributed by atoms with Gasteiger partial charge in [-0.25, -0.2) is 9.97 Å². The Morgan fingerprint density at radius 3 is 1.85 bits per heavy atom. The number of hydrogen-bond donors (Lipinski definition) is 0. The fourth-order valence-electron chi connectivity index (χ4n) is 6.10. The van der Waals surface area contributed by atoms with Gasteiger partial charge >= 0.3 is 0 Å². The summed E-state index contributed by atoms with van der Waals surface area (Å²) in [5.41, 5.74) is 10.4. The molecule has 0 bridgehead atoms. The highest BCUT2D eigenvalue weighted by atomic mass is 32.2. The molecule has 8 rings (SSSR count). The van der Waals surface area contributed by atoms with Crippen LogP contribution < -0.4 is 0 Å². The average Bonchev–Trinajstić information content (AvgIpc) is 3.26. The fourth-order valence-corrected chi connectivity index (χ4v) is 8.65. The molecule has 1 aromatic heterocycles. The van der Waals surface area contributed by atoms with E-state index in [0.29, 0.717) is 0 Å². The minimum absolute atomic E-state index is 0.136. The van der Waals surface area contributed by atoms with Crippen LogP contribution in [0.5, 0.6) is 0 Å². The monoisotopic (exact) mass is 562 g/mol. The van der Waals surface area contributed by atoms with Crippen molar-refractivity contribution in [1.29, 1.82) is 0 Å². The van der Waals surface area contributed by atoms with Crippen molar-refractivity contribution >= 4 is 23.5 Å². The predicted molar refractivity (Wildman–Crippen MR) is 171 cm³/mol. The van der Waals surface area contributed by atoms with Crippen molar-refractivity contribution in [2.24, 2.45) is 0 Å². The van der Waals surface area contributed by atoms with Gasteiger partial charge in [-0.1, -0.05) is 128 Å². The summed E-state index contributed by atoms with van der Waals surface area (Å²) >= 11 is 3.81. The third-order valence-electron chi connectivity index (χ3n) is 8.13. The standard InChI is InChI=1S/C37H26N2S2/c1-37(2)28-21-25(30-22-29(23-11-5-3-6-12-23)38-36(39-30)24-13-7-4-8-14-24)17-18-26(28)27-19-20-33-35(34(27)37)41-32-16-10-9-15-31(32)40-33/h3-22H,1-2H3. The summed E-state index contributed by atoms with van der Waals surface area (Å²) in [6.07, 6.45) is 0. The largest absolute Gasteiger partial charge is 0.228 e. The first kappa shape index (κ1) is 24.7. The van der Waals surface area contributed by atoms with Crippen molar-refractivity contribution in [3.63, 3.8) is 0 Å². The molecule has 0 atom stereocenters. The molecule has 0 amide bonds. The van der Waals surface area contributed by atoms with Gasteiger partial charge in [0.2, 0.25) is 0 Å². The maximum Gasteiger partial charge on any atom is 0.160 e. The fraction of sp³-hybridized carbons (Fsp3) is 0.0811. The van der Waals surface area contributed by atoms with E-state index in [-0.39, 0.29) is 5.41 Å². The van der Waals surface area contributed by atoms with Gasteiger partial charge in [0.05, 0.1) is 11.4 Å². The van der Waals surface area contributed by atoms with Crippen LogP contribution in [0.15, 0.2) is 141 Å². The van der Waals surface area contributed by atoms with Crippen LogP contribution >= 0.6 is 23.5 Å². The Hall–Kier alpha value is -4.12. The van der Waals surface area contributed by atoms with Gasteiger partial charge in [0.15, 0.2) is 5.82 Å². The van der Waals surface area contributed by atoms with Crippen molar-refractivity contribution in [3.8, 4) is 45.0 Å². The van der Waals surface area contributed by atoms with Gasteiger partial charge < -0.3 is 0 Å². The molecular weight excluding hydrogens is 537 g/mol. The van der Waals surface area contributed by atoms with Gasteiger partial charge in [0.25, 0.3) is 0 Å². The smallest absolute Gasteiger partial charge is 0.160 e. The molecule has 1 aliphatic heterocycles. The van der Waals surface area contributed by atoms with E-state index in [4.69, 9.17) is 9.97 Å². The minimum atomic E-state index is -0.136. The maximum atomic E-state index is 5.10. The Morgan fingerprint density at radius 2 is 1.12 bits per heavy atom. The van der Waals surface area contributed by atoms with Crippen molar-refractivity contribution in [2.75, 3.05) is 0 Å². The molecule has 2 heterocycles. The van der Waals surface area contributed by atoms with Crippen LogP contribution in [0, 0.1) is 0 Å². The highest BCUT2D eigenvalue weighted by Gasteiger charge is 2.39. The van der Waals surface area contributed by atoms with Crippen LogP contribution in [0.3, 0.4) is 0 Å². The van der Waals surface area contributed by atoms with Crippen LogP contribution in [-0.2, 0) is 5.41 Å². The molecule has 0 fully saturated rings. The van der Waals surface area contributed by atoms with Crippen LogP contribution in [0.2, 0.25) is 0 Å². The van der Waals surface area contributed by atoms with Crippen molar-refractivity contribution < 1.29 is 0 Å². The number of benzene rings is 5. The zero-order chi connectivity index (χ0) is 27.6. The molecule has 1 aliphatic carbocycles. The molecule has 2 aliphatic rings. The summed E-state index contributed by atoms with van der Waals surface area (Å²) in [6.45, 7) is 4.75. The topological polar surface area (TPSA) is 25.8 Å². The molecule has 0 N–H and O–H groups in total. The third-order valence-corrected chi connectivity index (χ3v) is 10.7. The Morgan fingerprint density at radius 1 is 0.512 bits per heavy atom. The predicted octanol–water partition coefficient (Wildman–Crippen LogP) is 10.4. The molecule has 0 radical (unpaired) electrons. The summed E-state index contributed by atoms with van der Waals surface area (Å²) in [4.78, 5) is 15.5. The van der Waals surface area contributed by atoms with E-state index < -0.39 is 0 Å². The maximum absolute atomic E-state index is 5.10. The Kier molecular flexibility index (Phi) is 5.70. The molecule has 0 saturated carbocycles. The summed E-state index contributed by atoms with van der Waals surface area (Å²) in [5.74, 6) is 0.742. The highest BCUT2D eigenvalue weighted by Crippen LogP contribution is 2.58. The Labute approximate surface area is 248 Å². The second-order valence-corrected chi connectivity index (χ2v) is 13.2. The van der Waals surface area contributed by atoms with E-state index in [1.807, 2.05) is 47.8 Å². The lowest BCUT2D eigenvalue weighted by molar-refractivity contribution is 0.642. The average molecular weight is 563 g/mol. The van der Waals surface area contributed by atoms with E-state index in [0.717, 1.165) is 33.9 Å². The van der Waals surface area contributed by atoms with Crippen molar-refractivity contribution in [3.05, 3.63) is 132 Å². The molecule has 0 spiro atoms. The first-order valence-electron chi connectivity index (χ1n) is 13.8. The lowest BCUT2D eigenvalue weighted by Gasteiger charge is -2.28. The van der Waals surface area contributed by atoms with Gasteiger partial charge in [-0.15, -0.1) is 0 Å². The summed E-state index contributed by atoms with van der Waals surface area (Å²) < 4.78 is 0. The lowest BCUT2D eigenvalue weighted by Crippen LogP contribution is -2.17. The molecule has 4 heteroatoms. The van der Waals surface area contributed by atoms with Gasteiger partial charge in [-0.3, -0.25) is 0 Å². The number of aromatic nitrogens is 2. The molecule has 196 valence electrons. The molecule has 5 aromatic carbocycles. The van der Waals surface area contributed by atoms with Crippen LogP contribution in [-0.4, -0.2) is 9.97 Å². The van der Waals surface area contributed by atoms with E-state index >= 15 is 0 Å². The Balaban J connectivity index is 1.27. The zero-order valence-electron chi connectivity index (χ0n) is 22.8. The Bertz CT molecular complexity index is 1910. The SMILES string of the molecule is CC1(C)c2cc(-c3cc(-c4ccccc4)nc(-c4ccccc4)n3)ccc2-c2ccc3c(c21)Sc1ccccc1S3. The highest BCUT2D eigenvalue weighted by molar-refractivity contribution is 8.05. The molecule has 41 heavy (non-hydrogen) atoms. The van der Waals surface area contributed by atoms with E-state index in [2.05, 4.69) is 111 Å². The number of nitrogens with zero attached hydrogens (tertiary/aromatic N) is 2. The zero-order valence-corrected chi connectivity index (χ0v) is 24.4. The van der Waals surface area contributed by atoms with Gasteiger partial charge in [-0.05, 0) is 52.6 Å². The molecule has 0 unspecified atom stereocenters. The van der Waals surface area contributed by atoms with E-state index in [1.165, 1.54) is 41.8 Å². The third kappa shape index (κ3) is 4.05. The molecule has 6 aromatic rings. The van der Waals surface area contributed by atoms with Gasteiger partial charge in [-0.2, -0.15) is 0 Å². The summed E-state index contributed by atoms with van der Waals surface area (Å²) in [7, 11) is 0.